The number of rotatable bonds is 6. The van der Waals surface area contributed by atoms with Gasteiger partial charge < -0.3 is 16.0 Å². The van der Waals surface area contributed by atoms with Gasteiger partial charge in [-0.05, 0) is 42.5 Å². The Bertz CT molecular complexity index is 823. The number of benzene rings is 2. The van der Waals surface area contributed by atoms with Crippen molar-refractivity contribution in [2.75, 3.05) is 18.4 Å². The molecule has 0 unspecified atom stereocenters. The molecule has 2 rings (SSSR count). The molecule has 3 amide bonds. The summed E-state index contributed by atoms with van der Waals surface area (Å²) in [7, 11) is 0. The molecule has 2 aromatic carbocycles. The van der Waals surface area contributed by atoms with Crippen LogP contribution in [0.5, 0.6) is 0 Å². The molecule has 0 radical (unpaired) electrons. The zero-order valence-electron chi connectivity index (χ0n) is 13.9. The highest BCUT2D eigenvalue weighted by atomic mass is 35.5. The maximum absolute atomic E-state index is 12.2. The van der Waals surface area contributed by atoms with Crippen molar-refractivity contribution in [1.82, 2.24) is 10.6 Å². The van der Waals surface area contributed by atoms with E-state index in [0.717, 1.165) is 0 Å². The van der Waals surface area contributed by atoms with Gasteiger partial charge in [-0.2, -0.15) is 0 Å². The van der Waals surface area contributed by atoms with Crippen molar-refractivity contribution >= 4 is 46.6 Å². The molecular weight excluding hydrogens is 377 g/mol. The van der Waals surface area contributed by atoms with E-state index in [1.54, 1.807) is 36.4 Å². The van der Waals surface area contributed by atoms with Gasteiger partial charge in [0.2, 0.25) is 5.91 Å². The Morgan fingerprint density at radius 2 is 1.42 bits per heavy atom. The van der Waals surface area contributed by atoms with Crippen LogP contribution in [0.25, 0.3) is 0 Å². The van der Waals surface area contributed by atoms with Crippen LogP contribution in [0.4, 0.5) is 5.69 Å². The van der Waals surface area contributed by atoms with E-state index in [9.17, 15) is 14.4 Å². The predicted molar refractivity (Wildman–Crippen MR) is 102 cm³/mol. The molecule has 0 bridgehead atoms. The summed E-state index contributed by atoms with van der Waals surface area (Å²) in [5.74, 6) is -0.755. The highest BCUT2D eigenvalue weighted by Crippen LogP contribution is 2.23. The molecule has 0 aliphatic carbocycles. The van der Waals surface area contributed by atoms with Crippen LogP contribution in [-0.2, 0) is 4.79 Å². The lowest BCUT2D eigenvalue weighted by atomic mass is 10.1. The van der Waals surface area contributed by atoms with Gasteiger partial charge in [0, 0.05) is 36.8 Å². The first-order chi connectivity index (χ1) is 12.4. The van der Waals surface area contributed by atoms with Crippen LogP contribution in [0.2, 0.25) is 10.0 Å². The molecule has 0 aliphatic rings. The Balaban J connectivity index is 1.92. The Labute approximate surface area is 160 Å². The quantitative estimate of drug-likeness (QED) is 0.658. The lowest BCUT2D eigenvalue weighted by Crippen LogP contribution is -2.33. The van der Waals surface area contributed by atoms with Crippen molar-refractivity contribution in [2.24, 2.45) is 0 Å². The highest BCUT2D eigenvalue weighted by molar-refractivity contribution is 6.42. The standard InChI is InChI=1S/C18H17Cl2N3O3/c1-11(24)21-8-9-22-17(25)12-2-5-14(6-3-12)23-18(26)13-4-7-15(19)16(20)10-13/h2-7,10H,8-9H2,1H3,(H,21,24)(H,22,25)(H,23,26). The van der Waals surface area contributed by atoms with Gasteiger partial charge in [-0.3, -0.25) is 14.4 Å². The fourth-order valence-electron chi connectivity index (χ4n) is 2.06. The third-order valence-corrected chi connectivity index (χ3v) is 4.11. The van der Waals surface area contributed by atoms with Crippen LogP contribution < -0.4 is 16.0 Å². The van der Waals surface area contributed by atoms with Gasteiger partial charge in [-0.1, -0.05) is 23.2 Å². The maximum Gasteiger partial charge on any atom is 0.255 e. The van der Waals surface area contributed by atoms with Gasteiger partial charge in [0.15, 0.2) is 0 Å². The zero-order valence-corrected chi connectivity index (χ0v) is 15.4. The first kappa shape index (κ1) is 19.8. The van der Waals surface area contributed by atoms with E-state index < -0.39 is 0 Å². The molecule has 0 aromatic heterocycles. The third kappa shape index (κ3) is 5.75. The Morgan fingerprint density at radius 1 is 0.808 bits per heavy atom. The first-order valence-electron chi connectivity index (χ1n) is 7.76. The number of carbonyl (C=O) groups is 3. The third-order valence-electron chi connectivity index (χ3n) is 3.37. The molecule has 3 N–H and O–H groups in total. The van der Waals surface area contributed by atoms with Crippen molar-refractivity contribution in [3.8, 4) is 0 Å². The zero-order chi connectivity index (χ0) is 19.1. The van der Waals surface area contributed by atoms with E-state index in [1.165, 1.54) is 13.0 Å². The van der Waals surface area contributed by atoms with E-state index in [-0.39, 0.29) is 17.7 Å². The minimum Gasteiger partial charge on any atom is -0.355 e. The summed E-state index contributed by atoms with van der Waals surface area (Å²) in [6.45, 7) is 2.10. The Morgan fingerprint density at radius 3 is 2.04 bits per heavy atom. The van der Waals surface area contributed by atoms with Crippen molar-refractivity contribution in [3.63, 3.8) is 0 Å². The van der Waals surface area contributed by atoms with Crippen LogP contribution in [0, 0.1) is 0 Å². The molecule has 0 atom stereocenters. The van der Waals surface area contributed by atoms with E-state index in [2.05, 4.69) is 16.0 Å². The number of anilines is 1. The highest BCUT2D eigenvalue weighted by Gasteiger charge is 2.10. The van der Waals surface area contributed by atoms with Crippen molar-refractivity contribution < 1.29 is 14.4 Å². The summed E-state index contributed by atoms with van der Waals surface area (Å²) in [6.07, 6.45) is 0. The minimum atomic E-state index is -0.337. The van der Waals surface area contributed by atoms with Crippen molar-refractivity contribution in [1.29, 1.82) is 0 Å². The molecule has 0 heterocycles. The van der Waals surface area contributed by atoms with E-state index in [1.807, 2.05) is 0 Å². The summed E-state index contributed by atoms with van der Waals surface area (Å²) in [6, 6.07) is 11.0. The van der Waals surface area contributed by atoms with Crippen LogP contribution in [0.3, 0.4) is 0 Å². The topological polar surface area (TPSA) is 87.3 Å². The molecule has 8 heteroatoms. The van der Waals surface area contributed by atoms with Gasteiger partial charge in [0.25, 0.3) is 11.8 Å². The molecule has 0 saturated heterocycles. The second-order valence-corrected chi connectivity index (χ2v) is 6.21. The smallest absolute Gasteiger partial charge is 0.255 e. The van der Waals surface area contributed by atoms with E-state index in [4.69, 9.17) is 23.2 Å². The summed E-state index contributed by atoms with van der Waals surface area (Å²) < 4.78 is 0. The van der Waals surface area contributed by atoms with Gasteiger partial charge in [0.05, 0.1) is 10.0 Å². The Hall–Kier alpha value is -2.57. The largest absolute Gasteiger partial charge is 0.355 e. The van der Waals surface area contributed by atoms with Gasteiger partial charge in [-0.25, -0.2) is 0 Å². The van der Waals surface area contributed by atoms with Crippen LogP contribution in [0.15, 0.2) is 42.5 Å². The molecule has 136 valence electrons. The van der Waals surface area contributed by atoms with Crippen molar-refractivity contribution in [3.05, 3.63) is 63.6 Å². The average Bonchev–Trinajstić information content (AvgIpc) is 2.61. The first-order valence-corrected chi connectivity index (χ1v) is 8.51. The second kappa shape index (κ2) is 9.22. The molecule has 0 spiro atoms. The summed E-state index contributed by atoms with van der Waals surface area (Å²) in [5.41, 5.74) is 1.36. The number of hydrogen-bond acceptors (Lipinski definition) is 3. The number of amides is 3. The van der Waals surface area contributed by atoms with Crippen LogP contribution in [0.1, 0.15) is 27.6 Å². The van der Waals surface area contributed by atoms with Gasteiger partial charge >= 0.3 is 0 Å². The van der Waals surface area contributed by atoms with Crippen LogP contribution >= 0.6 is 23.2 Å². The summed E-state index contributed by atoms with van der Waals surface area (Å²) in [4.78, 5) is 34.9. The van der Waals surface area contributed by atoms with Crippen LogP contribution in [-0.4, -0.2) is 30.8 Å². The molecule has 2 aromatic rings. The van der Waals surface area contributed by atoms with Gasteiger partial charge in [0.1, 0.15) is 0 Å². The number of carbonyl (C=O) groups excluding carboxylic acids is 3. The predicted octanol–water partition coefficient (Wildman–Crippen LogP) is 3.11. The van der Waals surface area contributed by atoms with Gasteiger partial charge in [-0.15, -0.1) is 0 Å². The molecule has 26 heavy (non-hydrogen) atoms. The molecule has 0 fully saturated rings. The minimum absolute atomic E-state index is 0.152. The average molecular weight is 394 g/mol. The molecular formula is C18H17Cl2N3O3. The lowest BCUT2D eigenvalue weighted by Gasteiger charge is -2.08. The maximum atomic E-state index is 12.2. The second-order valence-electron chi connectivity index (χ2n) is 5.40. The van der Waals surface area contributed by atoms with E-state index in [0.29, 0.717) is 39.9 Å². The number of halogens is 2. The number of hydrogen-bond donors (Lipinski definition) is 3. The van der Waals surface area contributed by atoms with E-state index >= 15 is 0 Å². The fourth-order valence-corrected chi connectivity index (χ4v) is 2.36. The monoisotopic (exact) mass is 393 g/mol. The molecule has 6 nitrogen and oxygen atoms in total. The SMILES string of the molecule is CC(=O)NCCNC(=O)c1ccc(NC(=O)c2ccc(Cl)c(Cl)c2)cc1. The fraction of sp³-hybridized carbons (Fsp3) is 0.167. The lowest BCUT2D eigenvalue weighted by molar-refractivity contribution is -0.118. The van der Waals surface area contributed by atoms with Crippen molar-refractivity contribution in [2.45, 2.75) is 6.92 Å². The number of nitrogens with one attached hydrogen (secondary N) is 3. The summed E-state index contributed by atoms with van der Waals surface area (Å²) >= 11 is 11.7. The molecule has 0 saturated carbocycles. The summed E-state index contributed by atoms with van der Waals surface area (Å²) in [5, 5.41) is 8.66. The normalized spacial score (nSPS) is 10.1. The molecule has 0 aliphatic heterocycles. The Kier molecular flexibility index (Phi) is 7.00.